The minimum Gasteiger partial charge on any atom is -0.394 e. The maximum Gasteiger partial charge on any atom is 0.227 e. The van der Waals surface area contributed by atoms with Crippen LogP contribution >= 0.6 is 0 Å². The summed E-state index contributed by atoms with van der Waals surface area (Å²) in [4.78, 5) is 17.1. The summed E-state index contributed by atoms with van der Waals surface area (Å²) >= 11 is 0. The number of aromatic nitrogens is 1. The van der Waals surface area contributed by atoms with Gasteiger partial charge in [0.25, 0.3) is 0 Å². The van der Waals surface area contributed by atoms with Crippen LogP contribution in [0.5, 0.6) is 0 Å². The number of amides is 1. The van der Waals surface area contributed by atoms with Crippen molar-refractivity contribution in [3.05, 3.63) is 35.5 Å². The lowest BCUT2D eigenvalue weighted by atomic mass is 10.1. The molecule has 3 rings (SSSR count). The standard InChI is InChI=1S/C16H19FN2O2/c1-10-3-2-4-14-11(7-18-16(10)14)5-15(21)19-8-12(17)6-13(19)9-20/h2-4,7,12-13,18,20H,5-6,8-9H2,1H3/t12-,13-/m0/s1. The molecule has 1 aromatic carbocycles. The molecular weight excluding hydrogens is 271 g/mol. The number of nitrogens with zero attached hydrogens (tertiary/aromatic N) is 1. The second-order valence-electron chi connectivity index (χ2n) is 5.70. The molecule has 4 nitrogen and oxygen atoms in total. The van der Waals surface area contributed by atoms with Crippen LogP contribution in [0, 0.1) is 6.92 Å². The smallest absolute Gasteiger partial charge is 0.227 e. The number of hydrogen-bond donors (Lipinski definition) is 2. The molecule has 5 heteroatoms. The Bertz CT molecular complexity index is 667. The Morgan fingerprint density at radius 1 is 1.52 bits per heavy atom. The number of para-hydroxylation sites is 1. The van der Waals surface area contributed by atoms with Gasteiger partial charge in [0.2, 0.25) is 5.91 Å². The molecule has 2 aromatic rings. The second-order valence-corrected chi connectivity index (χ2v) is 5.70. The van der Waals surface area contributed by atoms with Crippen LogP contribution in [-0.4, -0.2) is 46.3 Å². The van der Waals surface area contributed by atoms with Crippen LogP contribution in [0.25, 0.3) is 10.9 Å². The molecule has 0 bridgehead atoms. The number of benzene rings is 1. The molecule has 1 fully saturated rings. The minimum atomic E-state index is -1.03. The van der Waals surface area contributed by atoms with Gasteiger partial charge in [-0.1, -0.05) is 18.2 Å². The third-order valence-corrected chi connectivity index (χ3v) is 4.25. The quantitative estimate of drug-likeness (QED) is 0.908. The average molecular weight is 290 g/mol. The number of halogens is 1. The summed E-state index contributed by atoms with van der Waals surface area (Å²) in [6.07, 6.45) is 1.27. The number of fused-ring (bicyclic) bond motifs is 1. The van der Waals surface area contributed by atoms with Crippen LogP contribution in [0.2, 0.25) is 0 Å². The van der Waals surface area contributed by atoms with E-state index in [0.29, 0.717) is 0 Å². The van der Waals surface area contributed by atoms with Gasteiger partial charge >= 0.3 is 0 Å². The number of rotatable bonds is 3. The van der Waals surface area contributed by atoms with Crippen molar-refractivity contribution in [2.75, 3.05) is 13.2 Å². The van der Waals surface area contributed by atoms with E-state index in [-0.39, 0.29) is 37.9 Å². The molecule has 1 amide bonds. The fraction of sp³-hybridized carbons (Fsp3) is 0.438. The Hall–Kier alpha value is -1.88. The fourth-order valence-corrected chi connectivity index (χ4v) is 3.11. The first-order valence-corrected chi connectivity index (χ1v) is 7.20. The molecule has 2 heterocycles. The Morgan fingerprint density at radius 2 is 2.33 bits per heavy atom. The Kier molecular flexibility index (Phi) is 3.68. The van der Waals surface area contributed by atoms with E-state index >= 15 is 0 Å². The Labute approximate surface area is 122 Å². The highest BCUT2D eigenvalue weighted by Crippen LogP contribution is 2.25. The number of nitrogens with one attached hydrogen (secondary N) is 1. The predicted molar refractivity (Wildman–Crippen MR) is 78.8 cm³/mol. The number of carbonyl (C=O) groups excluding carboxylic acids is 1. The number of aryl methyl sites for hydroxylation is 1. The average Bonchev–Trinajstić information content (AvgIpc) is 3.04. The molecular formula is C16H19FN2O2. The minimum absolute atomic E-state index is 0.0887. The number of alkyl halides is 1. The van der Waals surface area contributed by atoms with Crippen molar-refractivity contribution < 1.29 is 14.3 Å². The van der Waals surface area contributed by atoms with E-state index in [0.717, 1.165) is 22.0 Å². The highest BCUT2D eigenvalue weighted by atomic mass is 19.1. The zero-order chi connectivity index (χ0) is 15.0. The number of likely N-dealkylation sites (tertiary alicyclic amines) is 1. The highest BCUT2D eigenvalue weighted by Gasteiger charge is 2.34. The number of carbonyl (C=O) groups is 1. The third kappa shape index (κ3) is 2.53. The molecule has 1 aliphatic rings. The van der Waals surface area contributed by atoms with E-state index in [1.54, 1.807) is 0 Å². The number of aliphatic hydroxyl groups excluding tert-OH is 1. The van der Waals surface area contributed by atoms with Gasteiger partial charge in [-0.3, -0.25) is 4.79 Å². The van der Waals surface area contributed by atoms with Gasteiger partial charge in [-0.25, -0.2) is 4.39 Å². The zero-order valence-corrected chi connectivity index (χ0v) is 12.0. The van der Waals surface area contributed by atoms with Gasteiger partial charge in [-0.15, -0.1) is 0 Å². The van der Waals surface area contributed by atoms with Crippen LogP contribution in [0.1, 0.15) is 17.5 Å². The lowest BCUT2D eigenvalue weighted by Gasteiger charge is -2.22. The molecule has 21 heavy (non-hydrogen) atoms. The van der Waals surface area contributed by atoms with Gasteiger partial charge in [-0.05, 0) is 18.1 Å². The Balaban J connectivity index is 1.82. The lowest BCUT2D eigenvalue weighted by molar-refractivity contribution is -0.132. The van der Waals surface area contributed by atoms with Crippen molar-refractivity contribution >= 4 is 16.8 Å². The molecule has 1 saturated heterocycles. The summed E-state index contributed by atoms with van der Waals surface area (Å²) in [6, 6.07) is 5.57. The van der Waals surface area contributed by atoms with E-state index in [1.165, 1.54) is 4.90 Å². The van der Waals surface area contributed by atoms with Crippen LogP contribution in [-0.2, 0) is 11.2 Å². The molecule has 0 unspecified atom stereocenters. The zero-order valence-electron chi connectivity index (χ0n) is 12.0. The van der Waals surface area contributed by atoms with Crippen LogP contribution in [0.3, 0.4) is 0 Å². The van der Waals surface area contributed by atoms with Crippen molar-refractivity contribution in [1.82, 2.24) is 9.88 Å². The van der Waals surface area contributed by atoms with E-state index in [2.05, 4.69) is 4.98 Å². The monoisotopic (exact) mass is 290 g/mol. The summed E-state index contributed by atoms with van der Waals surface area (Å²) in [5, 5.41) is 10.3. The van der Waals surface area contributed by atoms with E-state index in [4.69, 9.17) is 0 Å². The molecule has 2 N–H and O–H groups in total. The molecule has 0 spiro atoms. The number of aliphatic hydroxyl groups is 1. The first-order valence-electron chi connectivity index (χ1n) is 7.20. The third-order valence-electron chi connectivity index (χ3n) is 4.25. The summed E-state index contributed by atoms with van der Waals surface area (Å²) < 4.78 is 13.4. The molecule has 0 aliphatic carbocycles. The summed E-state index contributed by atoms with van der Waals surface area (Å²) in [7, 11) is 0. The van der Waals surface area contributed by atoms with Gasteiger partial charge < -0.3 is 15.0 Å². The van der Waals surface area contributed by atoms with Crippen molar-refractivity contribution in [3.8, 4) is 0 Å². The summed E-state index contributed by atoms with van der Waals surface area (Å²) in [5.74, 6) is -0.128. The van der Waals surface area contributed by atoms with Crippen molar-refractivity contribution in [2.45, 2.75) is 32.0 Å². The maximum atomic E-state index is 13.4. The normalized spacial score (nSPS) is 22.1. The van der Waals surface area contributed by atoms with Gasteiger partial charge in [0.15, 0.2) is 0 Å². The molecule has 1 aliphatic heterocycles. The van der Waals surface area contributed by atoms with Crippen molar-refractivity contribution in [2.24, 2.45) is 0 Å². The van der Waals surface area contributed by atoms with Gasteiger partial charge in [-0.2, -0.15) is 0 Å². The maximum absolute atomic E-state index is 13.4. The molecule has 0 radical (unpaired) electrons. The topological polar surface area (TPSA) is 56.3 Å². The largest absolute Gasteiger partial charge is 0.394 e. The molecule has 112 valence electrons. The molecule has 0 saturated carbocycles. The Morgan fingerprint density at radius 3 is 3.10 bits per heavy atom. The first-order chi connectivity index (χ1) is 10.1. The molecule has 1 aromatic heterocycles. The second kappa shape index (κ2) is 5.48. The van der Waals surface area contributed by atoms with E-state index in [1.807, 2.05) is 31.3 Å². The van der Waals surface area contributed by atoms with E-state index < -0.39 is 6.17 Å². The van der Waals surface area contributed by atoms with Crippen LogP contribution in [0.4, 0.5) is 4.39 Å². The lowest BCUT2D eigenvalue weighted by Crippen LogP contribution is -2.38. The first kappa shape index (κ1) is 14.1. The number of H-pyrrole nitrogens is 1. The van der Waals surface area contributed by atoms with Gasteiger partial charge in [0, 0.05) is 23.5 Å². The molecule has 2 atom stereocenters. The van der Waals surface area contributed by atoms with Crippen LogP contribution in [0.15, 0.2) is 24.4 Å². The highest BCUT2D eigenvalue weighted by molar-refractivity contribution is 5.90. The summed E-state index contributed by atoms with van der Waals surface area (Å²) in [5.41, 5.74) is 3.07. The number of hydrogen-bond acceptors (Lipinski definition) is 2. The summed E-state index contributed by atoms with van der Waals surface area (Å²) in [6.45, 7) is 1.92. The number of aromatic amines is 1. The van der Waals surface area contributed by atoms with Gasteiger partial charge in [0.1, 0.15) is 6.17 Å². The van der Waals surface area contributed by atoms with Gasteiger partial charge in [0.05, 0.1) is 25.6 Å². The van der Waals surface area contributed by atoms with E-state index in [9.17, 15) is 14.3 Å². The van der Waals surface area contributed by atoms with Crippen LogP contribution < -0.4 is 0 Å². The SMILES string of the molecule is Cc1cccc2c(CC(=O)N3C[C@@H](F)C[C@H]3CO)c[nH]c12. The van der Waals surface area contributed by atoms with Crippen molar-refractivity contribution in [1.29, 1.82) is 0 Å². The predicted octanol–water partition coefficient (Wildman–Crippen LogP) is 1.95. The fourth-order valence-electron chi connectivity index (χ4n) is 3.11. The van der Waals surface area contributed by atoms with Crippen molar-refractivity contribution in [3.63, 3.8) is 0 Å².